The summed E-state index contributed by atoms with van der Waals surface area (Å²) < 4.78 is 13.8. The summed E-state index contributed by atoms with van der Waals surface area (Å²) in [4.78, 5) is 2.13. The molecule has 0 amide bonds. The molecule has 0 bridgehead atoms. The molecule has 0 saturated heterocycles. The van der Waals surface area contributed by atoms with Crippen molar-refractivity contribution in [2.75, 3.05) is 25.5 Å². The van der Waals surface area contributed by atoms with Crippen molar-refractivity contribution in [1.29, 1.82) is 0 Å². The lowest BCUT2D eigenvalue weighted by atomic mass is 10.1. The van der Waals surface area contributed by atoms with Gasteiger partial charge in [-0.1, -0.05) is 29.8 Å². The average Bonchev–Trinajstić information content (AvgIpc) is 2.49. The van der Waals surface area contributed by atoms with Gasteiger partial charge in [-0.25, -0.2) is 4.39 Å². The van der Waals surface area contributed by atoms with Gasteiger partial charge in [0.2, 0.25) is 0 Å². The molecule has 0 heterocycles. The summed E-state index contributed by atoms with van der Waals surface area (Å²) in [5, 5.41) is 4.06. The van der Waals surface area contributed by atoms with Crippen molar-refractivity contribution < 1.29 is 4.39 Å². The summed E-state index contributed by atoms with van der Waals surface area (Å²) >= 11 is 5.85. The van der Waals surface area contributed by atoms with E-state index in [-0.39, 0.29) is 11.9 Å². The molecule has 1 unspecified atom stereocenters. The van der Waals surface area contributed by atoms with E-state index in [0.29, 0.717) is 0 Å². The molecule has 0 aromatic heterocycles. The van der Waals surface area contributed by atoms with Gasteiger partial charge < -0.3 is 5.32 Å². The van der Waals surface area contributed by atoms with E-state index in [1.165, 1.54) is 6.07 Å². The van der Waals surface area contributed by atoms with Gasteiger partial charge in [0, 0.05) is 35.4 Å². The van der Waals surface area contributed by atoms with Crippen molar-refractivity contribution in [1.82, 2.24) is 4.90 Å². The van der Waals surface area contributed by atoms with Crippen LogP contribution in [0.15, 0.2) is 48.5 Å². The quantitative estimate of drug-likeness (QED) is 0.840. The molecule has 2 rings (SSSR count). The second kappa shape index (κ2) is 7.43. The number of halogens is 2. The van der Waals surface area contributed by atoms with Crippen molar-refractivity contribution in [3.05, 3.63) is 64.9 Å². The van der Waals surface area contributed by atoms with Crippen molar-refractivity contribution >= 4 is 17.3 Å². The first-order valence-corrected chi connectivity index (χ1v) is 7.40. The Morgan fingerprint density at radius 3 is 2.48 bits per heavy atom. The zero-order valence-corrected chi connectivity index (χ0v) is 13.1. The van der Waals surface area contributed by atoms with Crippen molar-refractivity contribution in [2.45, 2.75) is 13.0 Å². The monoisotopic (exact) mass is 306 g/mol. The number of likely N-dealkylation sites (N-methyl/N-ethyl adjacent to an activating group) is 1. The lowest BCUT2D eigenvalue weighted by Gasteiger charge is -2.25. The molecule has 21 heavy (non-hydrogen) atoms. The molecular formula is C17H20ClFN2. The highest BCUT2D eigenvalue weighted by atomic mass is 35.5. The number of benzene rings is 2. The van der Waals surface area contributed by atoms with E-state index in [0.717, 1.165) is 29.4 Å². The molecule has 0 aliphatic rings. The maximum absolute atomic E-state index is 13.8. The van der Waals surface area contributed by atoms with Gasteiger partial charge in [0.05, 0.1) is 0 Å². The minimum Gasteiger partial charge on any atom is -0.384 e. The molecule has 0 aliphatic carbocycles. The number of hydrogen-bond donors (Lipinski definition) is 1. The van der Waals surface area contributed by atoms with E-state index in [1.807, 2.05) is 50.4 Å². The molecule has 4 heteroatoms. The van der Waals surface area contributed by atoms with E-state index < -0.39 is 0 Å². The predicted molar refractivity (Wildman–Crippen MR) is 87.4 cm³/mol. The van der Waals surface area contributed by atoms with Crippen molar-refractivity contribution in [3.63, 3.8) is 0 Å². The molecule has 2 aromatic rings. The second-order valence-corrected chi connectivity index (χ2v) is 5.55. The summed E-state index contributed by atoms with van der Waals surface area (Å²) in [5.74, 6) is -0.150. The fourth-order valence-corrected chi connectivity index (χ4v) is 2.32. The number of anilines is 1. The van der Waals surface area contributed by atoms with E-state index in [9.17, 15) is 4.39 Å². The first-order valence-electron chi connectivity index (χ1n) is 7.02. The fourth-order valence-electron chi connectivity index (χ4n) is 2.19. The van der Waals surface area contributed by atoms with Crippen LogP contribution in [0.5, 0.6) is 0 Å². The summed E-state index contributed by atoms with van der Waals surface area (Å²) in [6.45, 7) is 3.62. The Kier molecular flexibility index (Phi) is 5.59. The maximum Gasteiger partial charge on any atom is 0.127 e. The molecule has 1 N–H and O–H groups in total. The van der Waals surface area contributed by atoms with Crippen LogP contribution in [0.25, 0.3) is 0 Å². The molecule has 112 valence electrons. The first kappa shape index (κ1) is 15.8. The normalized spacial score (nSPS) is 12.4. The highest BCUT2D eigenvalue weighted by Crippen LogP contribution is 2.21. The van der Waals surface area contributed by atoms with E-state index >= 15 is 0 Å². The van der Waals surface area contributed by atoms with Gasteiger partial charge >= 0.3 is 0 Å². The molecule has 2 nitrogen and oxygen atoms in total. The smallest absolute Gasteiger partial charge is 0.127 e. The molecule has 0 fully saturated rings. The Bertz CT molecular complexity index is 571. The minimum absolute atomic E-state index is 0.0400. The van der Waals surface area contributed by atoms with Crippen LogP contribution in [0, 0.1) is 5.82 Å². The largest absolute Gasteiger partial charge is 0.384 e. The van der Waals surface area contributed by atoms with Gasteiger partial charge in [-0.3, -0.25) is 4.90 Å². The second-order valence-electron chi connectivity index (χ2n) is 5.11. The Hall–Kier alpha value is -1.58. The Morgan fingerprint density at radius 2 is 1.81 bits per heavy atom. The van der Waals surface area contributed by atoms with Gasteiger partial charge in [0.25, 0.3) is 0 Å². The maximum atomic E-state index is 13.8. The van der Waals surface area contributed by atoms with Crippen LogP contribution in [0.4, 0.5) is 10.1 Å². The molecular weight excluding hydrogens is 287 g/mol. The van der Waals surface area contributed by atoms with Crippen LogP contribution >= 0.6 is 11.6 Å². The zero-order valence-electron chi connectivity index (χ0n) is 12.3. The van der Waals surface area contributed by atoms with E-state index in [2.05, 4.69) is 10.2 Å². The lowest BCUT2D eigenvalue weighted by Crippen LogP contribution is -2.28. The molecule has 1 atom stereocenters. The molecule has 0 saturated carbocycles. The Balaban J connectivity index is 1.85. The number of rotatable bonds is 6. The van der Waals surface area contributed by atoms with Gasteiger partial charge in [0.1, 0.15) is 5.82 Å². The van der Waals surface area contributed by atoms with Crippen LogP contribution in [-0.2, 0) is 0 Å². The SMILES string of the molecule is CC(c1ccccc1F)N(C)CCNc1ccc(Cl)cc1. The molecule has 2 aromatic carbocycles. The average molecular weight is 307 g/mol. The topological polar surface area (TPSA) is 15.3 Å². The van der Waals surface area contributed by atoms with Gasteiger partial charge in [-0.15, -0.1) is 0 Å². The highest BCUT2D eigenvalue weighted by Gasteiger charge is 2.14. The van der Waals surface area contributed by atoms with Gasteiger partial charge in [-0.2, -0.15) is 0 Å². The third-order valence-electron chi connectivity index (χ3n) is 3.65. The highest BCUT2D eigenvalue weighted by molar-refractivity contribution is 6.30. The van der Waals surface area contributed by atoms with Crippen LogP contribution in [0.2, 0.25) is 5.02 Å². The number of hydrogen-bond acceptors (Lipinski definition) is 2. The van der Waals surface area contributed by atoms with Crippen LogP contribution in [0.1, 0.15) is 18.5 Å². The number of nitrogens with one attached hydrogen (secondary N) is 1. The van der Waals surface area contributed by atoms with Gasteiger partial charge in [-0.05, 0) is 44.3 Å². The zero-order chi connectivity index (χ0) is 15.2. The van der Waals surface area contributed by atoms with Crippen LogP contribution < -0.4 is 5.32 Å². The van der Waals surface area contributed by atoms with E-state index in [4.69, 9.17) is 11.6 Å². The first-order chi connectivity index (χ1) is 10.1. The summed E-state index contributed by atoms with van der Waals surface area (Å²) in [5.41, 5.74) is 1.76. The van der Waals surface area contributed by atoms with Crippen LogP contribution in [-0.4, -0.2) is 25.0 Å². The van der Waals surface area contributed by atoms with Crippen LogP contribution in [0.3, 0.4) is 0 Å². The summed E-state index contributed by atoms with van der Waals surface area (Å²) in [6, 6.07) is 14.6. The third kappa shape index (κ3) is 4.45. The van der Waals surface area contributed by atoms with Crippen molar-refractivity contribution in [2.24, 2.45) is 0 Å². The fraction of sp³-hybridized carbons (Fsp3) is 0.294. The Labute approximate surface area is 130 Å². The third-order valence-corrected chi connectivity index (χ3v) is 3.91. The van der Waals surface area contributed by atoms with E-state index in [1.54, 1.807) is 6.07 Å². The minimum atomic E-state index is -0.150. The summed E-state index contributed by atoms with van der Waals surface area (Å²) in [6.07, 6.45) is 0. The molecule has 0 spiro atoms. The standard InChI is InChI=1S/C17H20ClFN2/c1-13(16-5-3-4-6-17(16)19)21(2)12-11-20-15-9-7-14(18)8-10-15/h3-10,13,20H,11-12H2,1-2H3. The van der Waals surface area contributed by atoms with Crippen molar-refractivity contribution in [3.8, 4) is 0 Å². The molecule has 0 aliphatic heterocycles. The summed E-state index contributed by atoms with van der Waals surface area (Å²) in [7, 11) is 2.00. The van der Waals surface area contributed by atoms with Gasteiger partial charge in [0.15, 0.2) is 0 Å². The lowest BCUT2D eigenvalue weighted by molar-refractivity contribution is 0.266. The predicted octanol–water partition coefficient (Wildman–Crippen LogP) is 4.58. The molecule has 0 radical (unpaired) electrons. The Morgan fingerprint density at radius 1 is 1.14 bits per heavy atom. The number of nitrogens with zero attached hydrogens (tertiary/aromatic N) is 1.